The Morgan fingerprint density at radius 1 is 1.47 bits per heavy atom. The molecule has 1 aromatic rings. The fourth-order valence-corrected chi connectivity index (χ4v) is 1.67. The molecule has 0 aromatic carbocycles. The SMILES string of the molecule is COC(=O)C(CC(C)C)NC(=O)c1n[nH]c(C)c1N. The predicted molar refractivity (Wildman–Crippen MR) is 70.5 cm³/mol. The van der Waals surface area contributed by atoms with Gasteiger partial charge in [0.05, 0.1) is 18.5 Å². The number of H-pyrrole nitrogens is 1. The number of ether oxygens (including phenoxy) is 1. The molecular weight excluding hydrogens is 248 g/mol. The molecule has 1 aromatic heterocycles. The van der Waals surface area contributed by atoms with E-state index in [1.165, 1.54) is 7.11 Å². The highest BCUT2D eigenvalue weighted by Gasteiger charge is 2.25. The van der Waals surface area contributed by atoms with Crippen molar-refractivity contribution >= 4 is 17.6 Å². The molecule has 4 N–H and O–H groups in total. The summed E-state index contributed by atoms with van der Waals surface area (Å²) in [6.07, 6.45) is 0.488. The second-order valence-electron chi connectivity index (χ2n) is 4.79. The number of aryl methyl sites for hydroxylation is 1. The van der Waals surface area contributed by atoms with Gasteiger partial charge < -0.3 is 15.8 Å². The van der Waals surface area contributed by atoms with E-state index in [9.17, 15) is 9.59 Å². The van der Waals surface area contributed by atoms with Crippen molar-refractivity contribution < 1.29 is 14.3 Å². The summed E-state index contributed by atoms with van der Waals surface area (Å²) < 4.78 is 4.67. The van der Waals surface area contributed by atoms with Gasteiger partial charge in [-0.2, -0.15) is 5.10 Å². The third kappa shape index (κ3) is 3.70. The molecule has 7 heteroatoms. The first-order valence-corrected chi connectivity index (χ1v) is 6.06. The van der Waals surface area contributed by atoms with Crippen LogP contribution in [0.25, 0.3) is 0 Å². The standard InChI is InChI=1S/C12H20N4O3/c1-6(2)5-8(12(18)19-4)14-11(17)10-9(13)7(3)15-16-10/h6,8H,5,13H2,1-4H3,(H,14,17)(H,15,16). The summed E-state index contributed by atoms with van der Waals surface area (Å²) in [4.78, 5) is 23.6. The average molecular weight is 268 g/mol. The van der Waals surface area contributed by atoms with Crippen molar-refractivity contribution in [1.29, 1.82) is 0 Å². The highest BCUT2D eigenvalue weighted by Crippen LogP contribution is 2.13. The molecule has 0 aliphatic heterocycles. The van der Waals surface area contributed by atoms with Crippen molar-refractivity contribution in [2.45, 2.75) is 33.2 Å². The Morgan fingerprint density at radius 2 is 2.11 bits per heavy atom. The third-order valence-corrected chi connectivity index (χ3v) is 2.71. The summed E-state index contributed by atoms with van der Waals surface area (Å²) in [5.74, 6) is -0.728. The van der Waals surface area contributed by atoms with Crippen molar-refractivity contribution in [1.82, 2.24) is 15.5 Å². The molecule has 0 radical (unpaired) electrons. The zero-order valence-corrected chi connectivity index (χ0v) is 11.6. The molecule has 1 heterocycles. The van der Waals surface area contributed by atoms with Gasteiger partial charge in [-0.25, -0.2) is 4.79 Å². The Bertz CT molecular complexity index is 468. The molecule has 1 atom stereocenters. The molecule has 0 bridgehead atoms. The van der Waals surface area contributed by atoms with Crippen molar-refractivity contribution in [2.24, 2.45) is 5.92 Å². The lowest BCUT2D eigenvalue weighted by molar-refractivity contribution is -0.143. The smallest absolute Gasteiger partial charge is 0.328 e. The Labute approximate surface area is 111 Å². The van der Waals surface area contributed by atoms with E-state index in [-0.39, 0.29) is 17.3 Å². The Morgan fingerprint density at radius 3 is 2.53 bits per heavy atom. The van der Waals surface area contributed by atoms with Crippen LogP contribution in [0.3, 0.4) is 0 Å². The Hall–Kier alpha value is -2.05. The lowest BCUT2D eigenvalue weighted by Crippen LogP contribution is -2.42. The number of nitrogens with zero attached hydrogens (tertiary/aromatic N) is 1. The van der Waals surface area contributed by atoms with E-state index in [0.29, 0.717) is 12.1 Å². The number of nitrogens with two attached hydrogens (primary N) is 1. The Balaban J connectivity index is 2.81. The van der Waals surface area contributed by atoms with E-state index in [0.717, 1.165) is 0 Å². The fraction of sp³-hybridized carbons (Fsp3) is 0.583. The highest BCUT2D eigenvalue weighted by molar-refractivity contribution is 5.99. The summed E-state index contributed by atoms with van der Waals surface area (Å²) >= 11 is 0. The molecule has 0 aliphatic carbocycles. The molecular formula is C12H20N4O3. The van der Waals surface area contributed by atoms with Gasteiger partial charge in [-0.3, -0.25) is 9.89 Å². The van der Waals surface area contributed by atoms with Gasteiger partial charge in [-0.1, -0.05) is 13.8 Å². The second kappa shape index (κ2) is 6.21. The van der Waals surface area contributed by atoms with E-state index in [1.807, 2.05) is 13.8 Å². The van der Waals surface area contributed by atoms with E-state index in [2.05, 4.69) is 20.3 Å². The molecule has 0 saturated carbocycles. The highest BCUT2D eigenvalue weighted by atomic mass is 16.5. The molecule has 19 heavy (non-hydrogen) atoms. The monoisotopic (exact) mass is 268 g/mol. The quantitative estimate of drug-likeness (QED) is 0.678. The largest absolute Gasteiger partial charge is 0.467 e. The van der Waals surface area contributed by atoms with Crippen LogP contribution in [0.5, 0.6) is 0 Å². The number of nitrogen functional groups attached to an aromatic ring is 1. The molecule has 0 aliphatic rings. The number of hydrogen-bond acceptors (Lipinski definition) is 5. The van der Waals surface area contributed by atoms with Gasteiger partial charge in [-0.15, -0.1) is 0 Å². The van der Waals surface area contributed by atoms with Crippen LogP contribution < -0.4 is 11.1 Å². The number of nitrogens with one attached hydrogen (secondary N) is 2. The molecule has 1 amide bonds. The average Bonchev–Trinajstić information content (AvgIpc) is 2.67. The van der Waals surface area contributed by atoms with Crippen molar-refractivity contribution in [2.75, 3.05) is 12.8 Å². The number of anilines is 1. The van der Waals surface area contributed by atoms with Crippen LogP contribution in [0.4, 0.5) is 5.69 Å². The third-order valence-electron chi connectivity index (χ3n) is 2.71. The second-order valence-corrected chi connectivity index (χ2v) is 4.79. The van der Waals surface area contributed by atoms with Gasteiger partial charge in [0.1, 0.15) is 6.04 Å². The van der Waals surface area contributed by atoms with Gasteiger partial charge in [0.25, 0.3) is 5.91 Å². The van der Waals surface area contributed by atoms with Crippen LogP contribution in [0.1, 0.15) is 36.5 Å². The van der Waals surface area contributed by atoms with Gasteiger partial charge in [-0.05, 0) is 19.3 Å². The number of amides is 1. The number of aromatic amines is 1. The first-order valence-electron chi connectivity index (χ1n) is 6.06. The van der Waals surface area contributed by atoms with Crippen LogP contribution in [0.2, 0.25) is 0 Å². The van der Waals surface area contributed by atoms with Gasteiger partial charge in [0.15, 0.2) is 5.69 Å². The van der Waals surface area contributed by atoms with Crippen molar-refractivity contribution in [3.05, 3.63) is 11.4 Å². The first kappa shape index (κ1) is 15.0. The summed E-state index contributed by atoms with van der Waals surface area (Å²) in [6, 6.07) is -0.700. The maximum absolute atomic E-state index is 12.0. The number of rotatable bonds is 5. The van der Waals surface area contributed by atoms with E-state index >= 15 is 0 Å². The zero-order valence-electron chi connectivity index (χ0n) is 11.6. The van der Waals surface area contributed by atoms with Crippen molar-refractivity contribution in [3.8, 4) is 0 Å². The lowest BCUT2D eigenvalue weighted by Gasteiger charge is -2.17. The van der Waals surface area contributed by atoms with Gasteiger partial charge in [0.2, 0.25) is 0 Å². The summed E-state index contributed by atoms with van der Waals surface area (Å²) in [5.41, 5.74) is 6.71. The number of carbonyl (C=O) groups is 2. The zero-order chi connectivity index (χ0) is 14.6. The normalized spacial score (nSPS) is 12.3. The van der Waals surface area contributed by atoms with Crippen molar-refractivity contribution in [3.63, 3.8) is 0 Å². The van der Waals surface area contributed by atoms with Crippen LogP contribution >= 0.6 is 0 Å². The maximum Gasteiger partial charge on any atom is 0.328 e. The van der Waals surface area contributed by atoms with Crippen LogP contribution in [0.15, 0.2) is 0 Å². The Kier molecular flexibility index (Phi) is 4.91. The number of esters is 1. The summed E-state index contributed by atoms with van der Waals surface area (Å²) in [6.45, 7) is 5.62. The molecule has 106 valence electrons. The summed E-state index contributed by atoms with van der Waals surface area (Å²) in [5, 5.41) is 9.04. The number of hydrogen-bond donors (Lipinski definition) is 3. The first-order chi connectivity index (χ1) is 8.86. The maximum atomic E-state index is 12.0. The predicted octanol–water partition coefficient (Wildman–Crippen LogP) is 0.618. The van der Waals surface area contributed by atoms with E-state index < -0.39 is 17.9 Å². The van der Waals surface area contributed by atoms with Crippen LogP contribution in [0, 0.1) is 12.8 Å². The molecule has 1 rings (SSSR count). The van der Waals surface area contributed by atoms with Gasteiger partial charge in [0, 0.05) is 0 Å². The number of carbonyl (C=O) groups excluding carboxylic acids is 2. The minimum Gasteiger partial charge on any atom is -0.467 e. The molecule has 7 nitrogen and oxygen atoms in total. The lowest BCUT2D eigenvalue weighted by atomic mass is 10.0. The number of aromatic nitrogens is 2. The summed E-state index contributed by atoms with van der Waals surface area (Å²) in [7, 11) is 1.29. The van der Waals surface area contributed by atoms with Crippen LogP contribution in [-0.4, -0.2) is 35.2 Å². The molecule has 0 fully saturated rings. The minimum absolute atomic E-state index is 0.0927. The number of methoxy groups -OCH3 is 1. The molecule has 0 spiro atoms. The molecule has 0 saturated heterocycles. The van der Waals surface area contributed by atoms with E-state index in [1.54, 1.807) is 6.92 Å². The topological polar surface area (TPSA) is 110 Å². The van der Waals surface area contributed by atoms with E-state index in [4.69, 9.17) is 5.73 Å². The fourth-order valence-electron chi connectivity index (χ4n) is 1.67. The molecule has 1 unspecified atom stereocenters. The van der Waals surface area contributed by atoms with Gasteiger partial charge >= 0.3 is 5.97 Å². The van der Waals surface area contributed by atoms with Crippen LogP contribution in [-0.2, 0) is 9.53 Å². The minimum atomic E-state index is -0.700.